The minimum Gasteiger partial charge on any atom is -0.497 e. The fourth-order valence-corrected chi connectivity index (χ4v) is 2.64. The normalized spacial score (nSPS) is 10.2. The van der Waals surface area contributed by atoms with Crippen molar-refractivity contribution in [3.63, 3.8) is 0 Å². The van der Waals surface area contributed by atoms with Crippen LogP contribution in [0.25, 0.3) is 0 Å². The molecule has 1 amide bonds. The summed E-state index contributed by atoms with van der Waals surface area (Å²) in [6.07, 6.45) is 1.73. The first-order valence-electron chi connectivity index (χ1n) is 9.36. The molecule has 156 valence electrons. The number of benzene rings is 1. The van der Waals surface area contributed by atoms with Gasteiger partial charge in [0.25, 0.3) is 5.91 Å². The van der Waals surface area contributed by atoms with Gasteiger partial charge in [-0.05, 0) is 48.9 Å². The minimum atomic E-state index is -0.217. The van der Waals surface area contributed by atoms with Gasteiger partial charge in [0.15, 0.2) is 5.82 Å². The number of aryl methyl sites for hydroxylation is 1. The van der Waals surface area contributed by atoms with Crippen molar-refractivity contribution in [2.24, 2.45) is 0 Å². The Morgan fingerprint density at radius 1 is 0.900 bits per heavy atom. The van der Waals surface area contributed by atoms with Gasteiger partial charge in [-0.1, -0.05) is 0 Å². The smallest absolute Gasteiger partial charge is 0.251 e. The van der Waals surface area contributed by atoms with Crippen LogP contribution in [0, 0.1) is 6.92 Å². The molecule has 0 radical (unpaired) electrons. The highest BCUT2D eigenvalue weighted by molar-refractivity contribution is 5.95. The van der Waals surface area contributed by atoms with Crippen molar-refractivity contribution >= 4 is 23.4 Å². The van der Waals surface area contributed by atoms with E-state index in [0.29, 0.717) is 47.6 Å². The summed E-state index contributed by atoms with van der Waals surface area (Å²) < 4.78 is 10.4. The first-order valence-corrected chi connectivity index (χ1v) is 9.36. The summed E-state index contributed by atoms with van der Waals surface area (Å²) in [5.41, 5.74) is 1.57. The zero-order valence-electron chi connectivity index (χ0n) is 17.1. The SMILES string of the molecule is COc1cc(OC)cc(C(=O)NCCNc2ccc(Nc3cc(C)ccn3)nn2)c1. The van der Waals surface area contributed by atoms with E-state index in [1.54, 1.807) is 50.7 Å². The molecule has 0 saturated heterocycles. The number of pyridine rings is 1. The quantitative estimate of drug-likeness (QED) is 0.464. The van der Waals surface area contributed by atoms with Gasteiger partial charge in [0.1, 0.15) is 23.1 Å². The molecule has 3 rings (SSSR count). The Labute approximate surface area is 174 Å². The van der Waals surface area contributed by atoms with Crippen LogP contribution < -0.4 is 25.4 Å². The van der Waals surface area contributed by atoms with Crippen LogP contribution in [0.15, 0.2) is 48.7 Å². The van der Waals surface area contributed by atoms with E-state index in [1.807, 2.05) is 19.1 Å². The van der Waals surface area contributed by atoms with Crippen molar-refractivity contribution in [3.8, 4) is 11.5 Å². The summed E-state index contributed by atoms with van der Waals surface area (Å²) in [7, 11) is 3.08. The monoisotopic (exact) mass is 408 g/mol. The molecule has 0 unspecified atom stereocenters. The maximum absolute atomic E-state index is 12.3. The summed E-state index contributed by atoms with van der Waals surface area (Å²) in [5, 5.41) is 17.3. The molecule has 0 saturated carbocycles. The number of hydrogen-bond acceptors (Lipinski definition) is 8. The molecule has 2 heterocycles. The van der Waals surface area contributed by atoms with Crippen LogP contribution in [0.2, 0.25) is 0 Å². The maximum Gasteiger partial charge on any atom is 0.251 e. The van der Waals surface area contributed by atoms with Gasteiger partial charge in [-0.2, -0.15) is 0 Å². The molecule has 0 spiro atoms. The molecule has 1 aromatic carbocycles. The van der Waals surface area contributed by atoms with Gasteiger partial charge in [-0.15, -0.1) is 10.2 Å². The third-order valence-corrected chi connectivity index (χ3v) is 4.17. The summed E-state index contributed by atoms with van der Waals surface area (Å²) in [5.74, 6) is 2.81. The largest absolute Gasteiger partial charge is 0.497 e. The van der Waals surface area contributed by atoms with Crippen LogP contribution >= 0.6 is 0 Å². The van der Waals surface area contributed by atoms with Gasteiger partial charge in [-0.3, -0.25) is 4.79 Å². The van der Waals surface area contributed by atoms with Crippen LogP contribution in [0.4, 0.5) is 17.5 Å². The first-order chi connectivity index (χ1) is 14.6. The van der Waals surface area contributed by atoms with E-state index in [-0.39, 0.29) is 5.91 Å². The number of rotatable bonds is 9. The maximum atomic E-state index is 12.3. The van der Waals surface area contributed by atoms with Gasteiger partial charge in [0.2, 0.25) is 0 Å². The van der Waals surface area contributed by atoms with Crippen LogP contribution in [0.3, 0.4) is 0 Å². The standard InChI is InChI=1S/C21H24N6O3/c1-14-6-7-22-20(10-14)25-19-5-4-18(26-27-19)23-8-9-24-21(28)15-11-16(29-2)13-17(12-15)30-3/h4-7,10-13H,8-9H2,1-3H3,(H,23,26)(H,24,28)(H,22,25,27). The van der Waals surface area contributed by atoms with Gasteiger partial charge in [-0.25, -0.2) is 4.98 Å². The molecule has 9 heteroatoms. The Kier molecular flexibility index (Phi) is 6.99. The lowest BCUT2D eigenvalue weighted by Gasteiger charge is -2.10. The number of hydrogen-bond donors (Lipinski definition) is 3. The number of ether oxygens (including phenoxy) is 2. The molecule has 0 aliphatic carbocycles. The van der Waals surface area contributed by atoms with E-state index in [4.69, 9.17) is 9.47 Å². The van der Waals surface area contributed by atoms with Gasteiger partial charge >= 0.3 is 0 Å². The van der Waals surface area contributed by atoms with Crippen LogP contribution in [-0.4, -0.2) is 48.4 Å². The lowest BCUT2D eigenvalue weighted by atomic mass is 10.2. The molecule has 3 aromatic rings. The van der Waals surface area contributed by atoms with Crippen LogP contribution in [-0.2, 0) is 0 Å². The highest BCUT2D eigenvalue weighted by Gasteiger charge is 2.09. The van der Waals surface area contributed by atoms with E-state index in [9.17, 15) is 4.79 Å². The summed E-state index contributed by atoms with van der Waals surface area (Å²) in [6, 6.07) is 12.5. The highest BCUT2D eigenvalue weighted by Crippen LogP contribution is 2.22. The molecule has 2 aromatic heterocycles. The molecule has 3 N–H and O–H groups in total. The van der Waals surface area contributed by atoms with E-state index in [0.717, 1.165) is 5.56 Å². The predicted molar refractivity (Wildman–Crippen MR) is 115 cm³/mol. The number of nitrogens with one attached hydrogen (secondary N) is 3. The molecule has 0 atom stereocenters. The van der Waals surface area contributed by atoms with Crippen molar-refractivity contribution < 1.29 is 14.3 Å². The van der Waals surface area contributed by atoms with E-state index in [2.05, 4.69) is 31.1 Å². The topological polar surface area (TPSA) is 110 Å². The fourth-order valence-electron chi connectivity index (χ4n) is 2.64. The fraction of sp³-hybridized carbons (Fsp3) is 0.238. The molecule has 0 aliphatic heterocycles. The summed E-state index contributed by atoms with van der Waals surface area (Å²) >= 11 is 0. The number of nitrogens with zero attached hydrogens (tertiary/aromatic N) is 3. The molecular weight excluding hydrogens is 384 g/mol. The van der Waals surface area contributed by atoms with Crippen molar-refractivity contribution in [2.75, 3.05) is 37.9 Å². The van der Waals surface area contributed by atoms with Gasteiger partial charge in [0.05, 0.1) is 14.2 Å². The number of aromatic nitrogens is 3. The van der Waals surface area contributed by atoms with E-state index in [1.165, 1.54) is 0 Å². The molecule has 0 bridgehead atoms. The summed E-state index contributed by atoms with van der Waals surface area (Å²) in [6.45, 7) is 2.90. The zero-order chi connectivity index (χ0) is 21.3. The van der Waals surface area contributed by atoms with Gasteiger partial charge < -0.3 is 25.4 Å². The van der Waals surface area contributed by atoms with Crippen molar-refractivity contribution in [1.82, 2.24) is 20.5 Å². The second-order valence-electron chi connectivity index (χ2n) is 6.43. The molecule has 30 heavy (non-hydrogen) atoms. The third kappa shape index (κ3) is 5.81. The average molecular weight is 408 g/mol. The average Bonchev–Trinajstić information content (AvgIpc) is 2.77. The van der Waals surface area contributed by atoms with E-state index >= 15 is 0 Å². The van der Waals surface area contributed by atoms with Crippen LogP contribution in [0.5, 0.6) is 11.5 Å². The first kappa shape index (κ1) is 20.8. The van der Waals surface area contributed by atoms with Crippen molar-refractivity contribution in [1.29, 1.82) is 0 Å². The lowest BCUT2D eigenvalue weighted by molar-refractivity contribution is 0.0954. The van der Waals surface area contributed by atoms with Crippen molar-refractivity contribution in [2.45, 2.75) is 6.92 Å². The highest BCUT2D eigenvalue weighted by atomic mass is 16.5. The Hall–Kier alpha value is -3.88. The van der Waals surface area contributed by atoms with Gasteiger partial charge in [0, 0.05) is 30.9 Å². The molecular formula is C21H24N6O3. The Balaban J connectivity index is 1.47. The second-order valence-corrected chi connectivity index (χ2v) is 6.43. The second kappa shape index (κ2) is 10.1. The number of carbonyl (C=O) groups excluding carboxylic acids is 1. The van der Waals surface area contributed by atoms with Crippen molar-refractivity contribution in [3.05, 3.63) is 59.8 Å². The lowest BCUT2D eigenvalue weighted by Crippen LogP contribution is -2.29. The Bertz CT molecular complexity index is 972. The molecule has 9 nitrogen and oxygen atoms in total. The zero-order valence-corrected chi connectivity index (χ0v) is 17.1. The number of anilines is 3. The number of carbonyl (C=O) groups is 1. The molecule has 0 aliphatic rings. The van der Waals surface area contributed by atoms with E-state index < -0.39 is 0 Å². The van der Waals surface area contributed by atoms with Crippen LogP contribution in [0.1, 0.15) is 15.9 Å². The third-order valence-electron chi connectivity index (χ3n) is 4.17. The molecule has 0 fully saturated rings. The summed E-state index contributed by atoms with van der Waals surface area (Å²) in [4.78, 5) is 16.6. The minimum absolute atomic E-state index is 0.217. The number of methoxy groups -OCH3 is 2. The Morgan fingerprint density at radius 3 is 2.23 bits per heavy atom. The number of amides is 1. The predicted octanol–water partition coefficient (Wildman–Crippen LogP) is 2.78. The Morgan fingerprint density at radius 2 is 1.60 bits per heavy atom.